The van der Waals surface area contributed by atoms with Gasteiger partial charge in [0.05, 0.1) is 16.8 Å². The zero-order chi connectivity index (χ0) is 14.8. The molecule has 1 aromatic carbocycles. The fourth-order valence-corrected chi connectivity index (χ4v) is 4.09. The van der Waals surface area contributed by atoms with Crippen molar-refractivity contribution in [2.24, 2.45) is 11.8 Å². The molecule has 1 aliphatic heterocycles. The number of carbonyl (C=O) groups excluding carboxylic acids is 1. The molecular formula is C16H21N3OS. The summed E-state index contributed by atoms with van der Waals surface area (Å²) in [5.41, 5.74) is 0.943. The monoisotopic (exact) mass is 303 g/mol. The van der Waals surface area contributed by atoms with Crippen molar-refractivity contribution in [3.63, 3.8) is 0 Å². The van der Waals surface area contributed by atoms with E-state index in [1.54, 1.807) is 0 Å². The summed E-state index contributed by atoms with van der Waals surface area (Å²) < 4.78 is 1.10. The summed E-state index contributed by atoms with van der Waals surface area (Å²) in [6.07, 6.45) is 1.26. The predicted octanol–water partition coefficient (Wildman–Crippen LogP) is 3.21. The van der Waals surface area contributed by atoms with Crippen LogP contribution in [-0.2, 0) is 4.79 Å². The number of para-hydroxylation sites is 1. The number of nitrogens with one attached hydrogen (secondary N) is 1. The Morgan fingerprint density at radius 1 is 1.33 bits per heavy atom. The number of anilines is 1. The average Bonchev–Trinajstić information content (AvgIpc) is 2.78. The van der Waals surface area contributed by atoms with E-state index >= 15 is 0 Å². The minimum absolute atomic E-state index is 0.0374. The van der Waals surface area contributed by atoms with Gasteiger partial charge in [-0.25, -0.2) is 4.98 Å². The lowest BCUT2D eigenvalue weighted by atomic mass is 9.92. The third-order valence-corrected chi connectivity index (χ3v) is 4.80. The third-order valence-electron chi connectivity index (χ3n) is 3.85. The molecule has 2 atom stereocenters. The summed E-state index contributed by atoms with van der Waals surface area (Å²) in [4.78, 5) is 18.9. The van der Waals surface area contributed by atoms with Crippen LogP contribution in [0.3, 0.4) is 0 Å². The highest BCUT2D eigenvalue weighted by molar-refractivity contribution is 7.22. The fraction of sp³-hybridized carbons (Fsp3) is 0.500. The normalized spacial score (nSPS) is 23.3. The number of hydrogen-bond acceptors (Lipinski definition) is 4. The van der Waals surface area contributed by atoms with Crippen LogP contribution in [-0.4, -0.2) is 35.4 Å². The van der Waals surface area contributed by atoms with E-state index in [4.69, 9.17) is 0 Å². The largest absolute Gasteiger partial charge is 0.301 e. The number of fused-ring (bicyclic) bond motifs is 1. The van der Waals surface area contributed by atoms with Gasteiger partial charge in [-0.15, -0.1) is 0 Å². The number of hydrogen-bond donors (Lipinski definition) is 1. The Labute approximate surface area is 129 Å². The van der Waals surface area contributed by atoms with Gasteiger partial charge in [0.2, 0.25) is 5.91 Å². The van der Waals surface area contributed by atoms with E-state index in [1.807, 2.05) is 24.3 Å². The van der Waals surface area contributed by atoms with Crippen LogP contribution in [0, 0.1) is 11.8 Å². The average molecular weight is 303 g/mol. The van der Waals surface area contributed by atoms with Crippen LogP contribution in [0.5, 0.6) is 0 Å². The van der Waals surface area contributed by atoms with Gasteiger partial charge in [-0.05, 0) is 30.4 Å². The van der Waals surface area contributed by atoms with Crippen molar-refractivity contribution >= 4 is 32.6 Å². The molecule has 21 heavy (non-hydrogen) atoms. The first-order chi connectivity index (χ1) is 10.1. The molecule has 4 nitrogen and oxygen atoms in total. The fourth-order valence-electron chi connectivity index (χ4n) is 3.21. The molecule has 2 aromatic rings. The minimum atomic E-state index is 0.0374. The molecule has 3 rings (SSSR count). The second-order valence-electron chi connectivity index (χ2n) is 6.18. The lowest BCUT2D eigenvalue weighted by Crippen LogP contribution is -2.42. The summed E-state index contributed by atoms with van der Waals surface area (Å²) in [5.74, 6) is 1.38. The van der Waals surface area contributed by atoms with Crippen LogP contribution in [0.2, 0.25) is 0 Å². The van der Waals surface area contributed by atoms with Gasteiger partial charge in [0.15, 0.2) is 5.13 Å². The Hall–Kier alpha value is -1.46. The van der Waals surface area contributed by atoms with Crippen molar-refractivity contribution in [2.45, 2.75) is 20.3 Å². The van der Waals surface area contributed by atoms with Crippen LogP contribution >= 0.6 is 11.3 Å². The van der Waals surface area contributed by atoms with Gasteiger partial charge in [0.1, 0.15) is 0 Å². The molecule has 112 valence electrons. The summed E-state index contributed by atoms with van der Waals surface area (Å²) in [7, 11) is 0. The maximum Gasteiger partial charge on any atom is 0.240 e. The molecule has 1 amide bonds. The van der Waals surface area contributed by atoms with Crippen molar-refractivity contribution in [1.29, 1.82) is 0 Å². The zero-order valence-corrected chi connectivity index (χ0v) is 13.3. The third kappa shape index (κ3) is 3.60. The number of aromatic nitrogens is 1. The molecule has 0 spiro atoms. The van der Waals surface area contributed by atoms with Gasteiger partial charge in [0.25, 0.3) is 0 Å². The predicted molar refractivity (Wildman–Crippen MR) is 87.6 cm³/mol. The molecule has 0 radical (unpaired) electrons. The highest BCUT2D eigenvalue weighted by Crippen LogP contribution is 2.25. The molecule has 0 saturated carbocycles. The van der Waals surface area contributed by atoms with Crippen LogP contribution in [0.15, 0.2) is 24.3 Å². The maximum atomic E-state index is 12.2. The van der Waals surface area contributed by atoms with Crippen LogP contribution in [0.4, 0.5) is 5.13 Å². The van der Waals surface area contributed by atoms with Crippen molar-refractivity contribution < 1.29 is 4.79 Å². The van der Waals surface area contributed by atoms with E-state index in [2.05, 4.69) is 29.0 Å². The SMILES string of the molecule is C[C@@H]1C[C@H](C)CN(CC(=O)Nc2nc3ccccc3s2)C1. The quantitative estimate of drug-likeness (QED) is 0.947. The number of benzene rings is 1. The Balaban J connectivity index is 1.61. The van der Waals surface area contributed by atoms with E-state index in [0.717, 1.165) is 23.3 Å². The number of nitrogens with zero attached hydrogens (tertiary/aromatic N) is 2. The van der Waals surface area contributed by atoms with Crippen LogP contribution in [0.25, 0.3) is 10.2 Å². The van der Waals surface area contributed by atoms with E-state index in [9.17, 15) is 4.79 Å². The van der Waals surface area contributed by atoms with E-state index < -0.39 is 0 Å². The van der Waals surface area contributed by atoms with Gasteiger partial charge >= 0.3 is 0 Å². The highest BCUT2D eigenvalue weighted by Gasteiger charge is 2.23. The summed E-state index contributed by atoms with van der Waals surface area (Å²) >= 11 is 1.53. The van der Waals surface area contributed by atoms with E-state index in [0.29, 0.717) is 23.5 Å². The Bertz CT molecular complexity index is 596. The molecule has 1 aliphatic rings. The van der Waals surface area contributed by atoms with Gasteiger partial charge in [0, 0.05) is 13.1 Å². The summed E-state index contributed by atoms with van der Waals surface area (Å²) in [6, 6.07) is 7.94. The first-order valence-electron chi connectivity index (χ1n) is 7.48. The lowest BCUT2D eigenvalue weighted by Gasteiger charge is -2.34. The van der Waals surface area contributed by atoms with E-state index in [1.165, 1.54) is 17.8 Å². The van der Waals surface area contributed by atoms with Gasteiger partial charge in [-0.1, -0.05) is 37.3 Å². The molecular weight excluding hydrogens is 282 g/mol. The summed E-state index contributed by atoms with van der Waals surface area (Å²) in [6.45, 7) is 7.00. The standard InChI is InChI=1S/C16H21N3OS/c1-11-7-12(2)9-19(8-11)10-15(20)18-16-17-13-5-3-4-6-14(13)21-16/h3-6,11-12H,7-10H2,1-2H3,(H,17,18,20)/t11-,12+. The second-order valence-corrected chi connectivity index (χ2v) is 7.21. The van der Waals surface area contributed by atoms with Crippen molar-refractivity contribution in [2.75, 3.05) is 25.0 Å². The number of thiazole rings is 1. The molecule has 0 aliphatic carbocycles. The van der Waals surface area contributed by atoms with Crippen LogP contribution < -0.4 is 5.32 Å². The number of rotatable bonds is 3. The Morgan fingerprint density at radius 3 is 2.76 bits per heavy atom. The number of piperidine rings is 1. The topological polar surface area (TPSA) is 45.2 Å². The number of likely N-dealkylation sites (tertiary alicyclic amines) is 1. The molecule has 1 aromatic heterocycles. The number of amides is 1. The molecule has 2 heterocycles. The Kier molecular flexibility index (Phi) is 4.22. The lowest BCUT2D eigenvalue weighted by molar-refractivity contribution is -0.117. The molecule has 5 heteroatoms. The van der Waals surface area contributed by atoms with Gasteiger partial charge in [-0.3, -0.25) is 9.69 Å². The van der Waals surface area contributed by atoms with Crippen LogP contribution in [0.1, 0.15) is 20.3 Å². The van der Waals surface area contributed by atoms with Crippen molar-refractivity contribution in [1.82, 2.24) is 9.88 Å². The number of carbonyl (C=O) groups is 1. The van der Waals surface area contributed by atoms with Gasteiger partial charge in [-0.2, -0.15) is 0 Å². The minimum Gasteiger partial charge on any atom is -0.301 e. The molecule has 1 fully saturated rings. The first kappa shape index (κ1) is 14.5. The van der Waals surface area contributed by atoms with E-state index in [-0.39, 0.29) is 5.91 Å². The maximum absolute atomic E-state index is 12.2. The molecule has 0 bridgehead atoms. The van der Waals surface area contributed by atoms with Crippen molar-refractivity contribution in [3.8, 4) is 0 Å². The Morgan fingerprint density at radius 2 is 2.05 bits per heavy atom. The zero-order valence-electron chi connectivity index (χ0n) is 12.5. The second kappa shape index (κ2) is 6.12. The smallest absolute Gasteiger partial charge is 0.240 e. The van der Waals surface area contributed by atoms with Crippen molar-refractivity contribution in [3.05, 3.63) is 24.3 Å². The molecule has 1 saturated heterocycles. The first-order valence-corrected chi connectivity index (χ1v) is 8.29. The molecule has 1 N–H and O–H groups in total. The summed E-state index contributed by atoms with van der Waals surface area (Å²) in [5, 5.41) is 3.63. The molecule has 0 unspecified atom stereocenters. The highest BCUT2D eigenvalue weighted by atomic mass is 32.1. The van der Waals surface area contributed by atoms with Gasteiger partial charge < -0.3 is 5.32 Å².